The molecule has 0 atom stereocenters. The van der Waals surface area contributed by atoms with E-state index in [0.717, 1.165) is 29.0 Å². The molecule has 1 aliphatic rings. The number of fused-ring (bicyclic) bond motifs is 1. The third-order valence-corrected chi connectivity index (χ3v) is 5.55. The Labute approximate surface area is 185 Å². The summed E-state index contributed by atoms with van der Waals surface area (Å²) < 4.78 is 7.44. The lowest BCUT2D eigenvalue weighted by atomic mass is 10.0. The zero-order chi connectivity index (χ0) is 22.1. The standard InChI is InChI=1S/C24H24N6O2/c1-15-21(10-19(13-26-15)18-7-8-30-22(11-18)28-24(25)29-30)23(31)27-12-17-3-2-4-20(9-17)32-14-16-5-6-16/h2-4,7-11,13,16H,5-6,12,14H2,1H3,(H2,25,29)(H,27,31). The van der Waals surface area contributed by atoms with E-state index in [1.165, 1.54) is 12.8 Å². The molecule has 1 amide bonds. The van der Waals surface area contributed by atoms with E-state index in [0.29, 0.717) is 29.4 Å². The minimum absolute atomic E-state index is 0.172. The van der Waals surface area contributed by atoms with Gasteiger partial charge in [-0.1, -0.05) is 12.1 Å². The van der Waals surface area contributed by atoms with Crippen molar-refractivity contribution in [1.29, 1.82) is 0 Å². The fourth-order valence-corrected chi connectivity index (χ4v) is 3.52. The van der Waals surface area contributed by atoms with Gasteiger partial charge in [0.15, 0.2) is 5.65 Å². The Morgan fingerprint density at radius 2 is 2.09 bits per heavy atom. The average Bonchev–Trinajstić information content (AvgIpc) is 3.55. The van der Waals surface area contributed by atoms with Crippen LogP contribution in [0.5, 0.6) is 5.75 Å². The van der Waals surface area contributed by atoms with Crippen molar-refractivity contribution in [3.8, 4) is 16.9 Å². The van der Waals surface area contributed by atoms with Crippen LogP contribution in [0.15, 0.2) is 54.9 Å². The second-order valence-electron chi connectivity index (χ2n) is 8.13. The highest BCUT2D eigenvalue weighted by atomic mass is 16.5. The van der Waals surface area contributed by atoms with Crippen molar-refractivity contribution in [3.05, 3.63) is 71.7 Å². The molecule has 1 aromatic carbocycles. The van der Waals surface area contributed by atoms with Crippen LogP contribution in [0.2, 0.25) is 0 Å². The maximum atomic E-state index is 12.9. The third-order valence-electron chi connectivity index (χ3n) is 5.55. The summed E-state index contributed by atoms with van der Waals surface area (Å²) in [6, 6.07) is 13.5. The number of nitrogen functional groups attached to an aromatic ring is 1. The first-order chi connectivity index (χ1) is 15.5. The lowest BCUT2D eigenvalue weighted by Gasteiger charge is -2.11. The number of amides is 1. The Morgan fingerprint density at radius 3 is 2.94 bits per heavy atom. The number of nitrogens with one attached hydrogen (secondary N) is 1. The number of ether oxygens (including phenoxy) is 1. The molecule has 8 nitrogen and oxygen atoms in total. The molecule has 0 bridgehead atoms. The number of hydrogen-bond donors (Lipinski definition) is 2. The Kier molecular flexibility index (Phi) is 5.18. The van der Waals surface area contributed by atoms with Gasteiger partial charge in [-0.05, 0) is 67.1 Å². The maximum Gasteiger partial charge on any atom is 0.253 e. The molecule has 3 N–H and O–H groups in total. The molecule has 4 aromatic rings. The van der Waals surface area contributed by atoms with Crippen LogP contribution in [0.3, 0.4) is 0 Å². The minimum atomic E-state index is -0.172. The van der Waals surface area contributed by atoms with Crippen LogP contribution in [-0.2, 0) is 6.54 Å². The molecule has 3 heterocycles. The van der Waals surface area contributed by atoms with Gasteiger partial charge in [-0.15, -0.1) is 5.10 Å². The molecular weight excluding hydrogens is 404 g/mol. The molecule has 1 aliphatic carbocycles. The smallest absolute Gasteiger partial charge is 0.253 e. The highest BCUT2D eigenvalue weighted by Gasteiger charge is 2.21. The van der Waals surface area contributed by atoms with Crippen molar-refractivity contribution >= 4 is 17.5 Å². The summed E-state index contributed by atoms with van der Waals surface area (Å²) in [7, 11) is 0. The zero-order valence-electron chi connectivity index (χ0n) is 17.8. The molecule has 0 aliphatic heterocycles. The van der Waals surface area contributed by atoms with Crippen LogP contribution in [-0.4, -0.2) is 32.1 Å². The van der Waals surface area contributed by atoms with Gasteiger partial charge >= 0.3 is 0 Å². The fraction of sp³-hybridized carbons (Fsp3) is 0.250. The van der Waals surface area contributed by atoms with Gasteiger partial charge in [0.05, 0.1) is 17.9 Å². The predicted octanol–water partition coefficient (Wildman–Crippen LogP) is 3.40. The van der Waals surface area contributed by atoms with Crippen LogP contribution in [0.4, 0.5) is 5.95 Å². The molecule has 162 valence electrons. The van der Waals surface area contributed by atoms with Gasteiger partial charge in [-0.3, -0.25) is 9.78 Å². The molecule has 0 radical (unpaired) electrons. The Balaban J connectivity index is 1.30. The summed E-state index contributed by atoms with van der Waals surface area (Å²) in [5.41, 5.74) is 10.2. The number of carbonyl (C=O) groups is 1. The predicted molar refractivity (Wildman–Crippen MR) is 121 cm³/mol. The first-order valence-corrected chi connectivity index (χ1v) is 10.6. The van der Waals surface area contributed by atoms with Gasteiger partial charge in [0.2, 0.25) is 5.95 Å². The monoisotopic (exact) mass is 428 g/mol. The first kappa shape index (κ1) is 20.0. The number of benzene rings is 1. The number of aromatic nitrogens is 4. The topological polar surface area (TPSA) is 107 Å². The van der Waals surface area contributed by atoms with E-state index in [1.807, 2.05) is 49.4 Å². The van der Waals surface area contributed by atoms with E-state index in [2.05, 4.69) is 20.4 Å². The largest absolute Gasteiger partial charge is 0.493 e. The van der Waals surface area contributed by atoms with Crippen LogP contribution in [0.25, 0.3) is 16.8 Å². The van der Waals surface area contributed by atoms with Crippen LogP contribution in [0.1, 0.15) is 34.5 Å². The number of aryl methyl sites for hydroxylation is 1. The number of hydrogen-bond acceptors (Lipinski definition) is 6. The van der Waals surface area contributed by atoms with Crippen LogP contribution < -0.4 is 15.8 Å². The number of pyridine rings is 2. The number of rotatable bonds is 7. The van der Waals surface area contributed by atoms with Crippen molar-refractivity contribution in [2.45, 2.75) is 26.3 Å². The van der Waals surface area contributed by atoms with Gasteiger partial charge in [0, 0.05) is 24.5 Å². The van der Waals surface area contributed by atoms with E-state index in [4.69, 9.17) is 10.5 Å². The highest BCUT2D eigenvalue weighted by Crippen LogP contribution is 2.29. The number of nitrogens with zero attached hydrogens (tertiary/aromatic N) is 4. The molecule has 1 saturated carbocycles. The summed E-state index contributed by atoms with van der Waals surface area (Å²) in [6.07, 6.45) is 6.04. The molecule has 3 aromatic heterocycles. The Hall–Kier alpha value is -3.94. The lowest BCUT2D eigenvalue weighted by Crippen LogP contribution is -2.24. The van der Waals surface area contributed by atoms with Crippen molar-refractivity contribution in [2.24, 2.45) is 5.92 Å². The van der Waals surface area contributed by atoms with Crippen molar-refractivity contribution < 1.29 is 9.53 Å². The Morgan fingerprint density at radius 1 is 1.22 bits per heavy atom. The van der Waals surface area contributed by atoms with E-state index in [9.17, 15) is 4.79 Å². The number of anilines is 1. The average molecular weight is 428 g/mol. The van der Waals surface area contributed by atoms with Crippen LogP contribution >= 0.6 is 0 Å². The molecule has 5 rings (SSSR count). The van der Waals surface area contributed by atoms with E-state index in [-0.39, 0.29) is 11.9 Å². The third kappa shape index (κ3) is 4.39. The molecule has 0 unspecified atom stereocenters. The maximum absolute atomic E-state index is 12.9. The molecule has 0 spiro atoms. The van der Waals surface area contributed by atoms with Gasteiger partial charge in [0.25, 0.3) is 5.91 Å². The first-order valence-electron chi connectivity index (χ1n) is 10.6. The highest BCUT2D eigenvalue weighted by molar-refractivity contribution is 5.96. The fourth-order valence-electron chi connectivity index (χ4n) is 3.52. The molecule has 1 fully saturated rings. The minimum Gasteiger partial charge on any atom is -0.493 e. The normalized spacial score (nSPS) is 13.3. The SMILES string of the molecule is Cc1ncc(-c2ccn3nc(N)nc3c2)cc1C(=O)NCc1cccc(OCC2CC2)c1. The number of carbonyl (C=O) groups excluding carboxylic acids is 1. The lowest BCUT2D eigenvalue weighted by molar-refractivity contribution is 0.0950. The van der Waals surface area contributed by atoms with Gasteiger partial charge in [-0.2, -0.15) is 4.98 Å². The second-order valence-corrected chi connectivity index (χ2v) is 8.13. The van der Waals surface area contributed by atoms with E-state index >= 15 is 0 Å². The number of nitrogens with two attached hydrogens (primary N) is 1. The summed E-state index contributed by atoms with van der Waals surface area (Å²) in [6.45, 7) is 3.00. The van der Waals surface area contributed by atoms with E-state index in [1.54, 1.807) is 16.9 Å². The van der Waals surface area contributed by atoms with Gasteiger partial charge < -0.3 is 15.8 Å². The molecular formula is C24H24N6O2. The van der Waals surface area contributed by atoms with Gasteiger partial charge in [-0.25, -0.2) is 4.52 Å². The molecule has 0 saturated heterocycles. The van der Waals surface area contributed by atoms with Gasteiger partial charge in [0.1, 0.15) is 5.75 Å². The quantitative estimate of drug-likeness (QED) is 0.467. The zero-order valence-corrected chi connectivity index (χ0v) is 17.8. The van der Waals surface area contributed by atoms with Crippen molar-refractivity contribution in [3.63, 3.8) is 0 Å². The van der Waals surface area contributed by atoms with E-state index < -0.39 is 0 Å². The molecule has 32 heavy (non-hydrogen) atoms. The van der Waals surface area contributed by atoms with Crippen molar-refractivity contribution in [1.82, 2.24) is 24.9 Å². The summed E-state index contributed by atoms with van der Waals surface area (Å²) in [5, 5.41) is 7.08. The summed E-state index contributed by atoms with van der Waals surface area (Å²) >= 11 is 0. The van der Waals surface area contributed by atoms with Crippen LogP contribution in [0, 0.1) is 12.8 Å². The Bertz CT molecular complexity index is 1290. The van der Waals surface area contributed by atoms with Crippen molar-refractivity contribution in [2.75, 3.05) is 12.3 Å². The summed E-state index contributed by atoms with van der Waals surface area (Å²) in [5.74, 6) is 1.58. The summed E-state index contributed by atoms with van der Waals surface area (Å²) in [4.78, 5) is 21.5. The second kappa shape index (κ2) is 8.30. The molecule has 8 heteroatoms.